The maximum atomic E-state index is 12.6. The normalized spacial score (nSPS) is 19.3. The van der Waals surface area contributed by atoms with Crippen molar-refractivity contribution in [1.82, 2.24) is 10.2 Å². The van der Waals surface area contributed by atoms with Gasteiger partial charge in [-0.05, 0) is 11.6 Å². The van der Waals surface area contributed by atoms with Gasteiger partial charge in [0.15, 0.2) is 18.9 Å². The third kappa shape index (κ3) is 5.70. The van der Waals surface area contributed by atoms with E-state index in [1.54, 1.807) is 29.2 Å². The van der Waals surface area contributed by atoms with Gasteiger partial charge < -0.3 is 21.5 Å². The van der Waals surface area contributed by atoms with Crippen LogP contribution in [0.2, 0.25) is 0 Å². The van der Waals surface area contributed by atoms with Crippen molar-refractivity contribution in [3.05, 3.63) is 71.7 Å². The molecule has 2 aliphatic heterocycles. The Morgan fingerprint density at radius 3 is 2.56 bits per heavy atom. The number of β-lactam (4-membered cyclic amide) rings is 1. The molecule has 3 heterocycles. The van der Waals surface area contributed by atoms with Crippen molar-refractivity contribution in [3.8, 4) is 0 Å². The van der Waals surface area contributed by atoms with Gasteiger partial charge in [-0.3, -0.25) is 14.1 Å². The molecular weight excluding hydrogens is 493 g/mol. The van der Waals surface area contributed by atoms with E-state index in [4.69, 9.17) is 0 Å². The van der Waals surface area contributed by atoms with Crippen LogP contribution in [-0.2, 0) is 32.7 Å². The van der Waals surface area contributed by atoms with E-state index in [2.05, 4.69) is 5.32 Å². The number of carboxylic acid groups (broad SMARTS) is 1. The van der Waals surface area contributed by atoms with Gasteiger partial charge in [0.25, 0.3) is 16.0 Å². The summed E-state index contributed by atoms with van der Waals surface area (Å²) in [5, 5.41) is 13.2. The zero-order valence-electron chi connectivity index (χ0n) is 19.1. The van der Waals surface area contributed by atoms with E-state index in [0.29, 0.717) is 12.3 Å². The zero-order valence-corrected chi connectivity index (χ0v) is 21.7. The first-order valence-corrected chi connectivity index (χ1v) is 12.3. The number of rotatable bonds is 7. The largest absolute Gasteiger partial charge is 1.00 e. The fraction of sp³-hybridized carbons (Fsp3) is 0.238. The molecule has 1 fully saturated rings. The molecule has 2 atom stereocenters. The minimum absolute atomic E-state index is 0. The maximum Gasteiger partial charge on any atom is 1.00 e. The van der Waals surface area contributed by atoms with Crippen LogP contribution >= 0.6 is 11.8 Å². The summed E-state index contributed by atoms with van der Waals surface area (Å²) in [5.74, 6) is -1.44. The number of fused-ring (bicyclic) bond motifs is 1. The molecule has 1 aromatic carbocycles. The van der Waals surface area contributed by atoms with Gasteiger partial charge >= 0.3 is 29.6 Å². The van der Waals surface area contributed by atoms with E-state index in [-0.39, 0.29) is 64.7 Å². The molecule has 1 aromatic heterocycles. The molecule has 0 aliphatic carbocycles. The predicted molar refractivity (Wildman–Crippen MR) is 115 cm³/mol. The molecule has 2 amide bonds. The Kier molecular flexibility index (Phi) is 8.22. The SMILES string of the molecule is O=C(Cc1ccccc1S(=O)(=O)O)NC1C(=O)N2C=C(C[n+]3ccc(C(=O)[O-])cc3)CS[C@H]12.[H-].[Na+]. The quantitative estimate of drug-likeness (QED) is 0.166. The Hall–Kier alpha value is -2.22. The van der Waals surface area contributed by atoms with Crippen molar-refractivity contribution >= 4 is 39.7 Å². The second-order valence-corrected chi connectivity index (χ2v) is 10.1. The molecule has 2 aliphatic rings. The second-order valence-electron chi connectivity index (χ2n) is 7.59. The van der Waals surface area contributed by atoms with Crippen molar-refractivity contribution < 1.29 is 68.0 Å². The van der Waals surface area contributed by atoms with Crippen molar-refractivity contribution in [2.24, 2.45) is 0 Å². The fourth-order valence-electron chi connectivity index (χ4n) is 3.68. The van der Waals surface area contributed by atoms with Crippen LogP contribution in [0, 0.1) is 0 Å². The Balaban J connectivity index is 0.00000216. The number of carbonyl (C=O) groups excluding carboxylic acids is 3. The van der Waals surface area contributed by atoms with E-state index >= 15 is 0 Å². The number of nitrogens with zero attached hydrogens (tertiary/aromatic N) is 2. The summed E-state index contributed by atoms with van der Waals surface area (Å²) >= 11 is 1.48. The summed E-state index contributed by atoms with van der Waals surface area (Å²) in [6.07, 6.45) is 4.68. The summed E-state index contributed by atoms with van der Waals surface area (Å²) in [4.78, 5) is 37.1. The number of pyridine rings is 1. The third-order valence-corrected chi connectivity index (χ3v) is 7.60. The minimum Gasteiger partial charge on any atom is -1.00 e. The van der Waals surface area contributed by atoms with E-state index in [0.717, 1.165) is 5.57 Å². The number of nitrogens with one attached hydrogen (secondary N) is 1. The van der Waals surface area contributed by atoms with Gasteiger partial charge in [0.05, 0.1) is 17.3 Å². The first-order chi connectivity index (χ1) is 15.6. The minimum atomic E-state index is -4.47. The van der Waals surface area contributed by atoms with Crippen LogP contribution in [0.1, 0.15) is 17.3 Å². The van der Waals surface area contributed by atoms with Gasteiger partial charge in [0, 0.05) is 35.2 Å². The predicted octanol–water partition coefficient (Wildman–Crippen LogP) is -3.77. The van der Waals surface area contributed by atoms with Crippen LogP contribution in [0.15, 0.2) is 65.5 Å². The van der Waals surface area contributed by atoms with Crippen LogP contribution < -0.4 is 44.5 Å². The molecule has 0 spiro atoms. The summed E-state index contributed by atoms with van der Waals surface area (Å²) in [6, 6.07) is 7.79. The van der Waals surface area contributed by atoms with Crippen molar-refractivity contribution in [2.75, 3.05) is 5.75 Å². The first-order valence-electron chi connectivity index (χ1n) is 9.82. The second kappa shape index (κ2) is 10.6. The van der Waals surface area contributed by atoms with Gasteiger partial charge in [-0.2, -0.15) is 8.42 Å². The smallest absolute Gasteiger partial charge is 1.00 e. The molecule has 13 heteroatoms. The molecule has 4 rings (SSSR count). The van der Waals surface area contributed by atoms with Gasteiger partial charge in [0.1, 0.15) is 11.4 Å². The summed E-state index contributed by atoms with van der Waals surface area (Å²) < 4.78 is 34.1. The molecule has 10 nitrogen and oxygen atoms in total. The number of benzene rings is 1. The average Bonchev–Trinajstić information content (AvgIpc) is 2.77. The molecule has 0 radical (unpaired) electrons. The monoisotopic (exact) mass is 513 g/mol. The Morgan fingerprint density at radius 1 is 1.24 bits per heavy atom. The van der Waals surface area contributed by atoms with E-state index in [1.807, 2.05) is 0 Å². The number of aromatic carboxylic acids is 1. The molecule has 34 heavy (non-hydrogen) atoms. The van der Waals surface area contributed by atoms with E-state index in [9.17, 15) is 32.5 Å². The van der Waals surface area contributed by atoms with Crippen molar-refractivity contribution in [3.63, 3.8) is 0 Å². The number of carbonyl (C=O) groups is 3. The summed E-state index contributed by atoms with van der Waals surface area (Å²) in [5.41, 5.74) is 1.16. The molecule has 2 N–H and O–H groups in total. The Bertz CT molecular complexity index is 1270. The third-order valence-electron chi connectivity index (χ3n) is 5.27. The zero-order chi connectivity index (χ0) is 23.8. The molecule has 1 unspecified atom stereocenters. The van der Waals surface area contributed by atoms with Gasteiger partial charge in [0.2, 0.25) is 5.91 Å². The van der Waals surface area contributed by atoms with Crippen LogP contribution in [0.3, 0.4) is 0 Å². The van der Waals surface area contributed by atoms with Gasteiger partial charge in [-0.15, -0.1) is 11.8 Å². The van der Waals surface area contributed by atoms with Crippen molar-refractivity contribution in [2.45, 2.75) is 29.3 Å². The van der Waals surface area contributed by atoms with E-state index < -0.39 is 28.0 Å². The van der Waals surface area contributed by atoms with Gasteiger partial charge in [-0.25, -0.2) is 4.57 Å². The van der Waals surface area contributed by atoms with Crippen LogP contribution in [0.25, 0.3) is 0 Å². The summed E-state index contributed by atoms with van der Waals surface area (Å²) in [7, 11) is -4.47. The number of amides is 2. The topological polar surface area (TPSA) is 148 Å². The first kappa shape index (κ1) is 26.4. The standard InChI is InChI=1S/C21H19N3O7S2.Na.H/c25-17(9-15-3-1-2-4-16(15)33(29,30)31)22-18-19(26)24-11-13(12-32-20(18)24)10-23-7-5-14(6-8-23)21(27)28;;/h1-8,11,18,20H,9-10,12H2,(H2-,22,25,27,28,29,30,31);;/q;+1;-1/t18?,20-;;/m1../s1. The average molecular weight is 514 g/mol. The van der Waals surface area contributed by atoms with Crippen molar-refractivity contribution in [1.29, 1.82) is 0 Å². The molecular formula is C21H20N3NaO7S2. The van der Waals surface area contributed by atoms with Crippen LogP contribution in [0.5, 0.6) is 0 Å². The number of hydrogen-bond donors (Lipinski definition) is 2. The number of thioether (sulfide) groups is 1. The maximum absolute atomic E-state index is 12.6. The fourth-order valence-corrected chi connectivity index (χ4v) is 5.65. The van der Waals surface area contributed by atoms with Crippen LogP contribution in [-0.4, -0.2) is 52.8 Å². The molecule has 1 saturated heterocycles. The van der Waals surface area contributed by atoms with E-state index in [1.165, 1.54) is 47.0 Å². The molecule has 2 aromatic rings. The number of hydrogen-bond acceptors (Lipinski definition) is 7. The number of carboxylic acids is 1. The molecule has 174 valence electrons. The Morgan fingerprint density at radius 2 is 1.91 bits per heavy atom. The Labute approximate surface area is 223 Å². The van der Waals surface area contributed by atoms with Gasteiger partial charge in [-0.1, -0.05) is 18.2 Å². The number of aromatic nitrogens is 1. The van der Waals surface area contributed by atoms with Crippen LogP contribution in [0.4, 0.5) is 0 Å². The summed E-state index contributed by atoms with van der Waals surface area (Å²) in [6.45, 7) is 0.472. The molecule has 0 bridgehead atoms. The molecule has 0 saturated carbocycles.